The highest BCUT2D eigenvalue weighted by Crippen LogP contribution is 2.36. The van der Waals surface area contributed by atoms with Crippen LogP contribution in [-0.2, 0) is 18.0 Å². The fraction of sp³-hybridized carbons (Fsp3) is 0.0952. The van der Waals surface area contributed by atoms with Crippen molar-refractivity contribution in [1.82, 2.24) is 14.5 Å². The largest absolute Gasteiger partial charge is 0.450 e. The average molecular weight is 460 g/mol. The van der Waals surface area contributed by atoms with Gasteiger partial charge in [-0.25, -0.2) is 23.0 Å². The molecule has 4 rings (SSSR count). The third-order valence-corrected chi connectivity index (χ3v) is 4.92. The Morgan fingerprint density at radius 2 is 1.81 bits per heavy atom. The molecule has 0 aliphatic carbocycles. The van der Waals surface area contributed by atoms with Crippen LogP contribution in [0.4, 0.5) is 14.7 Å². The van der Waals surface area contributed by atoms with Crippen LogP contribution in [0.2, 0.25) is 0 Å². The van der Waals surface area contributed by atoms with E-state index < -0.39 is 22.6 Å². The van der Waals surface area contributed by atoms with Gasteiger partial charge in [0, 0.05) is 36.5 Å². The van der Waals surface area contributed by atoms with Crippen LogP contribution in [-0.4, -0.2) is 30.5 Å². The monoisotopic (exact) mass is 460 g/mol. The predicted octanol–water partition coefficient (Wildman–Crippen LogP) is 2.95. The molecule has 0 fully saturated rings. The summed E-state index contributed by atoms with van der Waals surface area (Å²) >= 11 is 0. The van der Waals surface area contributed by atoms with Crippen molar-refractivity contribution in [3.8, 4) is 22.8 Å². The summed E-state index contributed by atoms with van der Waals surface area (Å²) in [6, 6.07) is 9.87. The Balaban J connectivity index is 0.00000289. The number of anilines is 1. The minimum Gasteiger partial charge on any atom is -0.450 e. The van der Waals surface area contributed by atoms with E-state index in [4.69, 9.17) is 4.74 Å². The molecule has 1 unspecified atom stereocenters. The van der Waals surface area contributed by atoms with Crippen LogP contribution in [0, 0.1) is 11.6 Å². The Kier molecular flexibility index (Phi) is 6.61. The number of nitrogens with one attached hydrogen (secondary N) is 1. The first-order valence-corrected chi connectivity index (χ1v) is 10.6. The van der Waals surface area contributed by atoms with Crippen molar-refractivity contribution < 1.29 is 23.2 Å². The van der Waals surface area contributed by atoms with E-state index in [9.17, 15) is 17.8 Å². The second kappa shape index (κ2) is 9.20. The third kappa shape index (κ3) is 4.48. The molecule has 32 heavy (non-hydrogen) atoms. The number of aromatic nitrogens is 3. The van der Waals surface area contributed by atoms with Gasteiger partial charge >= 0.3 is 0 Å². The number of fused-ring (bicyclic) bond motifs is 1. The summed E-state index contributed by atoms with van der Waals surface area (Å²) < 4.78 is 48.7. The van der Waals surface area contributed by atoms with Gasteiger partial charge in [-0.05, 0) is 23.6 Å². The van der Waals surface area contributed by atoms with Crippen LogP contribution < -0.4 is 15.0 Å². The van der Waals surface area contributed by atoms with E-state index in [0.717, 1.165) is 12.1 Å². The normalized spacial score (nSPS) is 11.6. The smallest absolute Gasteiger partial charge is 0.258 e. The number of nitrogens with zero attached hydrogens (tertiary/aromatic N) is 3. The number of rotatable bonds is 5. The quantitative estimate of drug-likeness (QED) is 0.491. The molecule has 11 heteroatoms. The topological polar surface area (TPSA) is 118 Å². The van der Waals surface area contributed by atoms with E-state index in [0.29, 0.717) is 22.4 Å². The van der Waals surface area contributed by atoms with Gasteiger partial charge in [0.2, 0.25) is 5.95 Å². The first kappa shape index (κ1) is 23.0. The fourth-order valence-electron chi connectivity index (χ4n) is 3.10. The van der Waals surface area contributed by atoms with Crippen molar-refractivity contribution in [3.05, 3.63) is 76.8 Å². The molecule has 3 N–H and O–H groups in total. The van der Waals surface area contributed by atoms with Crippen molar-refractivity contribution in [1.29, 1.82) is 0 Å². The summed E-state index contributed by atoms with van der Waals surface area (Å²) in [6.45, 7) is 0. The van der Waals surface area contributed by atoms with Crippen molar-refractivity contribution in [3.63, 3.8) is 0 Å². The highest BCUT2D eigenvalue weighted by Gasteiger charge is 2.18. The Bertz CT molecular complexity index is 1390. The summed E-state index contributed by atoms with van der Waals surface area (Å²) in [5, 5.41) is 1.05. The van der Waals surface area contributed by atoms with Gasteiger partial charge in [-0.1, -0.05) is 18.2 Å². The minimum absolute atomic E-state index is 0. The highest BCUT2D eigenvalue weighted by molar-refractivity contribution is 7.85. The number of benzene rings is 2. The predicted molar refractivity (Wildman–Crippen MR) is 118 cm³/mol. The lowest BCUT2D eigenvalue weighted by Gasteiger charge is -2.15. The lowest BCUT2D eigenvalue weighted by atomic mass is 10.0. The maximum atomic E-state index is 14.2. The number of hydrogen-bond acceptors (Lipinski definition) is 5. The van der Waals surface area contributed by atoms with Crippen LogP contribution in [0.5, 0.6) is 11.5 Å². The number of aryl methyl sites for hydroxylation is 1. The van der Waals surface area contributed by atoms with Gasteiger partial charge in [-0.3, -0.25) is 9.52 Å². The van der Waals surface area contributed by atoms with Gasteiger partial charge in [0.15, 0.2) is 17.3 Å². The zero-order valence-electron chi connectivity index (χ0n) is 16.9. The molecule has 0 radical (unpaired) electrons. The number of halogens is 2. The summed E-state index contributed by atoms with van der Waals surface area (Å²) in [7, 11) is 0.157. The summed E-state index contributed by atoms with van der Waals surface area (Å²) in [5.74, 6) is -1.73. The number of ether oxygens (including phenoxy) is 1. The molecule has 0 spiro atoms. The van der Waals surface area contributed by atoms with Crippen LogP contribution in [0.1, 0.15) is 0 Å². The Morgan fingerprint density at radius 1 is 1.09 bits per heavy atom. The van der Waals surface area contributed by atoms with Gasteiger partial charge in [-0.15, -0.1) is 0 Å². The lowest BCUT2D eigenvalue weighted by Crippen LogP contribution is -2.17. The minimum atomic E-state index is -1.44. The standard InChI is InChI=1S/C21H16F2N4O3S.H2O/c1-27-11-15(13-5-3-4-6-14(13)20(27)28)19-18(10-24-21(25-19)26-31(2)29)30-17-8-7-12(22)9-16(17)23;/h3-11H,1-2H3,(H,24,25,26);1H2. The van der Waals surface area contributed by atoms with Gasteiger partial charge in [0.1, 0.15) is 22.5 Å². The molecule has 166 valence electrons. The molecule has 0 saturated heterocycles. The fourth-order valence-corrected chi connectivity index (χ4v) is 3.45. The van der Waals surface area contributed by atoms with Crippen molar-refractivity contribution in [2.45, 2.75) is 0 Å². The van der Waals surface area contributed by atoms with E-state index in [1.165, 1.54) is 17.0 Å². The molecule has 8 nitrogen and oxygen atoms in total. The van der Waals surface area contributed by atoms with Crippen molar-refractivity contribution >= 4 is 27.7 Å². The van der Waals surface area contributed by atoms with Gasteiger partial charge in [0.25, 0.3) is 5.56 Å². The Hall–Kier alpha value is -3.70. The maximum Gasteiger partial charge on any atom is 0.258 e. The zero-order valence-corrected chi connectivity index (χ0v) is 17.7. The second-order valence-electron chi connectivity index (χ2n) is 6.64. The SMILES string of the molecule is Cn1cc(-c2nc(NS(C)=O)ncc2Oc2ccc(F)cc2F)c2ccccc2c1=O.O. The molecule has 2 heterocycles. The molecule has 4 aromatic rings. The molecule has 2 aromatic heterocycles. The van der Waals surface area contributed by atoms with Crippen LogP contribution >= 0.6 is 0 Å². The highest BCUT2D eigenvalue weighted by atomic mass is 32.2. The van der Waals surface area contributed by atoms with Gasteiger partial charge in [-0.2, -0.15) is 0 Å². The third-order valence-electron chi connectivity index (χ3n) is 4.45. The summed E-state index contributed by atoms with van der Waals surface area (Å²) in [5.41, 5.74) is 0.550. The first-order valence-electron chi connectivity index (χ1n) is 9.02. The molecule has 0 aliphatic rings. The molecular formula is C21H18F2N4O4S. The van der Waals surface area contributed by atoms with Crippen LogP contribution in [0.15, 0.2) is 59.7 Å². The molecule has 0 amide bonds. The summed E-state index contributed by atoms with van der Waals surface area (Å²) in [6.07, 6.45) is 4.29. The van der Waals surface area contributed by atoms with Crippen molar-refractivity contribution in [2.24, 2.45) is 7.05 Å². The molecule has 0 aliphatic heterocycles. The molecular weight excluding hydrogens is 442 g/mol. The Morgan fingerprint density at radius 3 is 2.50 bits per heavy atom. The van der Waals surface area contributed by atoms with Crippen molar-refractivity contribution in [2.75, 3.05) is 11.0 Å². The van der Waals surface area contributed by atoms with E-state index in [1.807, 2.05) is 0 Å². The summed E-state index contributed by atoms with van der Waals surface area (Å²) in [4.78, 5) is 21.0. The van der Waals surface area contributed by atoms with E-state index in [1.54, 1.807) is 37.5 Å². The van der Waals surface area contributed by atoms with E-state index in [2.05, 4.69) is 14.7 Å². The van der Waals surface area contributed by atoms with E-state index >= 15 is 0 Å². The second-order valence-corrected chi connectivity index (χ2v) is 7.76. The molecule has 0 bridgehead atoms. The lowest BCUT2D eigenvalue weighted by molar-refractivity contribution is 0.436. The molecule has 2 aromatic carbocycles. The number of pyridine rings is 1. The van der Waals surface area contributed by atoms with Crippen LogP contribution in [0.3, 0.4) is 0 Å². The van der Waals surface area contributed by atoms with Gasteiger partial charge in [0.05, 0.1) is 6.20 Å². The Labute approximate surface area is 183 Å². The molecule has 0 saturated carbocycles. The molecule has 1 atom stereocenters. The van der Waals surface area contributed by atoms with Crippen LogP contribution in [0.25, 0.3) is 22.0 Å². The number of hydrogen-bond donors (Lipinski definition) is 1. The average Bonchev–Trinajstić information content (AvgIpc) is 2.73. The zero-order chi connectivity index (χ0) is 22.1. The first-order chi connectivity index (χ1) is 14.8. The van der Waals surface area contributed by atoms with Gasteiger partial charge < -0.3 is 14.8 Å². The maximum absolute atomic E-state index is 14.2. The van der Waals surface area contributed by atoms with E-state index in [-0.39, 0.29) is 34.2 Å².